The van der Waals surface area contributed by atoms with Crippen molar-refractivity contribution in [3.8, 4) is 5.75 Å². The van der Waals surface area contributed by atoms with Crippen LogP contribution in [0, 0.1) is 0 Å². The molecule has 2 amide bonds. The monoisotopic (exact) mass is 447 g/mol. The van der Waals surface area contributed by atoms with Crippen LogP contribution in [0.1, 0.15) is 39.6 Å². The Morgan fingerprint density at radius 3 is 2.44 bits per heavy atom. The molecule has 0 spiro atoms. The van der Waals surface area contributed by atoms with Gasteiger partial charge in [0.05, 0.1) is 12.2 Å². The molecule has 0 radical (unpaired) electrons. The first kappa shape index (κ1) is 23.0. The Morgan fingerprint density at radius 2 is 1.66 bits per heavy atom. The van der Waals surface area contributed by atoms with Crippen LogP contribution in [0.25, 0.3) is 0 Å². The van der Waals surface area contributed by atoms with Crippen molar-refractivity contribution in [3.63, 3.8) is 0 Å². The molecule has 3 aromatic carbocycles. The second-order valence-corrected chi connectivity index (χ2v) is 7.41. The predicted octanol–water partition coefficient (Wildman–Crippen LogP) is 4.53. The lowest BCUT2D eigenvalue weighted by molar-refractivity contribution is 0.0948. The summed E-state index contributed by atoms with van der Waals surface area (Å²) >= 11 is 5.28. The summed E-state index contributed by atoms with van der Waals surface area (Å²) < 4.78 is 5.64. The average Bonchev–Trinajstić information content (AvgIpc) is 2.82. The molecular weight excluding hydrogens is 422 g/mol. The maximum absolute atomic E-state index is 12.6. The molecule has 0 heterocycles. The molecule has 0 bridgehead atoms. The van der Waals surface area contributed by atoms with E-state index < -0.39 is 0 Å². The van der Waals surface area contributed by atoms with Gasteiger partial charge in [-0.05, 0) is 54.5 Å². The molecule has 7 heteroatoms. The molecular formula is C25H25N3O3S. The fourth-order valence-corrected chi connectivity index (χ4v) is 3.15. The number of amides is 2. The van der Waals surface area contributed by atoms with E-state index in [1.165, 1.54) is 0 Å². The van der Waals surface area contributed by atoms with Gasteiger partial charge in [-0.2, -0.15) is 0 Å². The van der Waals surface area contributed by atoms with E-state index >= 15 is 0 Å². The van der Waals surface area contributed by atoms with Gasteiger partial charge in [0.15, 0.2) is 5.11 Å². The Hall–Kier alpha value is -3.71. The summed E-state index contributed by atoms with van der Waals surface area (Å²) in [6.45, 7) is 2.95. The number of carbonyl (C=O) groups is 2. The standard InChI is InChI=1S/C25H25N3O3S/c1-2-15-31-22-14-7-6-13-21(22)24(30)28-25(32)27-20-12-8-11-19(16-20)23(29)26-17-18-9-4-3-5-10-18/h3-14,16H,2,15,17H2,1H3,(H,26,29)(H2,27,28,30,32). The minimum atomic E-state index is -0.369. The van der Waals surface area contributed by atoms with E-state index in [-0.39, 0.29) is 16.9 Å². The summed E-state index contributed by atoms with van der Waals surface area (Å²) in [5, 5.41) is 8.63. The third-order valence-electron chi connectivity index (χ3n) is 4.50. The Balaban J connectivity index is 1.58. The summed E-state index contributed by atoms with van der Waals surface area (Å²) in [6.07, 6.45) is 0.838. The first-order chi connectivity index (χ1) is 15.6. The molecule has 0 saturated carbocycles. The van der Waals surface area contributed by atoms with Crippen LogP contribution in [-0.2, 0) is 6.54 Å². The summed E-state index contributed by atoms with van der Waals surface area (Å²) in [6, 6.07) is 23.6. The fraction of sp³-hybridized carbons (Fsp3) is 0.160. The van der Waals surface area contributed by atoms with Gasteiger partial charge in [-0.3, -0.25) is 14.9 Å². The van der Waals surface area contributed by atoms with E-state index in [9.17, 15) is 9.59 Å². The van der Waals surface area contributed by atoms with Crippen molar-refractivity contribution in [1.29, 1.82) is 0 Å². The molecule has 3 N–H and O–H groups in total. The van der Waals surface area contributed by atoms with Crippen molar-refractivity contribution < 1.29 is 14.3 Å². The van der Waals surface area contributed by atoms with E-state index in [2.05, 4.69) is 16.0 Å². The zero-order chi connectivity index (χ0) is 22.8. The van der Waals surface area contributed by atoms with Crippen LogP contribution in [0.3, 0.4) is 0 Å². The predicted molar refractivity (Wildman–Crippen MR) is 130 cm³/mol. The molecule has 0 aliphatic carbocycles. The van der Waals surface area contributed by atoms with Crippen LogP contribution in [-0.4, -0.2) is 23.5 Å². The molecule has 0 aliphatic rings. The van der Waals surface area contributed by atoms with E-state index in [1.54, 1.807) is 42.5 Å². The van der Waals surface area contributed by atoms with Gasteiger partial charge in [0.1, 0.15) is 5.75 Å². The highest BCUT2D eigenvalue weighted by molar-refractivity contribution is 7.80. The highest BCUT2D eigenvalue weighted by Gasteiger charge is 2.14. The van der Waals surface area contributed by atoms with Gasteiger partial charge >= 0.3 is 0 Å². The third-order valence-corrected chi connectivity index (χ3v) is 4.70. The largest absolute Gasteiger partial charge is 0.493 e. The Bertz CT molecular complexity index is 1090. The third kappa shape index (κ3) is 6.65. The van der Waals surface area contributed by atoms with Crippen molar-refractivity contribution in [2.24, 2.45) is 0 Å². The highest BCUT2D eigenvalue weighted by atomic mass is 32.1. The zero-order valence-electron chi connectivity index (χ0n) is 17.8. The fourth-order valence-electron chi connectivity index (χ4n) is 2.94. The van der Waals surface area contributed by atoms with Crippen molar-refractivity contribution in [2.75, 3.05) is 11.9 Å². The molecule has 32 heavy (non-hydrogen) atoms. The van der Waals surface area contributed by atoms with E-state index in [0.717, 1.165) is 12.0 Å². The number of thiocarbonyl (C=S) groups is 1. The Morgan fingerprint density at radius 1 is 0.906 bits per heavy atom. The van der Waals surface area contributed by atoms with Crippen LogP contribution < -0.4 is 20.7 Å². The Kier molecular flexibility index (Phi) is 8.34. The number of hydrogen-bond donors (Lipinski definition) is 3. The molecule has 3 rings (SSSR count). The number of nitrogens with one attached hydrogen (secondary N) is 3. The number of rotatable bonds is 8. The van der Waals surface area contributed by atoms with Crippen LogP contribution in [0.5, 0.6) is 5.75 Å². The second kappa shape index (κ2) is 11.6. The molecule has 164 valence electrons. The molecule has 0 saturated heterocycles. The minimum absolute atomic E-state index is 0.127. The molecule has 0 aromatic heterocycles. The molecule has 0 unspecified atom stereocenters. The maximum Gasteiger partial charge on any atom is 0.261 e. The first-order valence-electron chi connectivity index (χ1n) is 10.3. The number of hydrogen-bond acceptors (Lipinski definition) is 4. The van der Waals surface area contributed by atoms with Gasteiger partial charge in [0.25, 0.3) is 11.8 Å². The molecule has 0 fully saturated rings. The lowest BCUT2D eigenvalue weighted by Crippen LogP contribution is -2.34. The van der Waals surface area contributed by atoms with E-state index in [1.807, 2.05) is 43.3 Å². The summed E-state index contributed by atoms with van der Waals surface area (Å²) in [5.74, 6) is -0.0628. The zero-order valence-corrected chi connectivity index (χ0v) is 18.6. The lowest BCUT2D eigenvalue weighted by atomic mass is 10.1. The first-order valence-corrected chi connectivity index (χ1v) is 10.7. The summed E-state index contributed by atoms with van der Waals surface area (Å²) in [7, 11) is 0. The van der Waals surface area contributed by atoms with E-state index in [4.69, 9.17) is 17.0 Å². The summed E-state index contributed by atoms with van der Waals surface area (Å²) in [4.78, 5) is 25.1. The summed E-state index contributed by atoms with van der Waals surface area (Å²) in [5.41, 5.74) is 2.50. The van der Waals surface area contributed by atoms with Crippen molar-refractivity contribution >= 4 is 34.8 Å². The van der Waals surface area contributed by atoms with Crippen LogP contribution in [0.2, 0.25) is 0 Å². The van der Waals surface area contributed by atoms with E-state index in [0.29, 0.717) is 35.7 Å². The lowest BCUT2D eigenvalue weighted by Gasteiger charge is -2.13. The van der Waals surface area contributed by atoms with Gasteiger partial charge in [0, 0.05) is 17.8 Å². The minimum Gasteiger partial charge on any atom is -0.493 e. The SMILES string of the molecule is CCCOc1ccccc1C(=O)NC(=S)Nc1cccc(C(=O)NCc2ccccc2)c1. The Labute approximate surface area is 193 Å². The smallest absolute Gasteiger partial charge is 0.261 e. The van der Waals surface area contributed by atoms with Crippen LogP contribution in [0.15, 0.2) is 78.9 Å². The van der Waals surface area contributed by atoms with Crippen molar-refractivity contribution in [3.05, 3.63) is 95.6 Å². The number of para-hydroxylation sites is 1. The quantitative estimate of drug-likeness (QED) is 0.442. The van der Waals surface area contributed by atoms with Gasteiger partial charge in [-0.25, -0.2) is 0 Å². The second-order valence-electron chi connectivity index (χ2n) is 7.00. The molecule has 0 aliphatic heterocycles. The number of ether oxygens (including phenoxy) is 1. The maximum atomic E-state index is 12.6. The average molecular weight is 448 g/mol. The van der Waals surface area contributed by atoms with Gasteiger partial charge in [-0.15, -0.1) is 0 Å². The van der Waals surface area contributed by atoms with Gasteiger partial charge in [0.2, 0.25) is 0 Å². The normalized spacial score (nSPS) is 10.2. The van der Waals surface area contributed by atoms with Crippen LogP contribution >= 0.6 is 12.2 Å². The highest BCUT2D eigenvalue weighted by Crippen LogP contribution is 2.18. The number of carbonyl (C=O) groups excluding carboxylic acids is 2. The topological polar surface area (TPSA) is 79.5 Å². The van der Waals surface area contributed by atoms with Gasteiger partial charge in [-0.1, -0.05) is 55.5 Å². The van der Waals surface area contributed by atoms with Gasteiger partial charge < -0.3 is 15.4 Å². The molecule has 6 nitrogen and oxygen atoms in total. The number of anilines is 1. The molecule has 3 aromatic rings. The molecule has 0 atom stereocenters. The van der Waals surface area contributed by atoms with Crippen molar-refractivity contribution in [2.45, 2.75) is 19.9 Å². The number of benzene rings is 3. The van der Waals surface area contributed by atoms with Crippen LogP contribution in [0.4, 0.5) is 5.69 Å². The van der Waals surface area contributed by atoms with Crippen molar-refractivity contribution in [1.82, 2.24) is 10.6 Å².